The minimum Gasteiger partial charge on any atom is -0.363 e. The number of nitrogens with zero attached hydrogens (tertiary/aromatic N) is 1. The molecule has 0 aliphatic heterocycles. The number of hydrogen-bond donors (Lipinski definition) is 0. The van der Waals surface area contributed by atoms with Crippen LogP contribution in [0.5, 0.6) is 0 Å². The molecule has 0 fully saturated rings. The first kappa shape index (κ1) is 32.0. The van der Waals surface area contributed by atoms with Crippen LogP contribution in [0.25, 0.3) is 44.5 Å². The zero-order chi connectivity index (χ0) is 36.7. The molecule has 8 aromatic rings. The maximum absolute atomic E-state index is 2.61. The Bertz CT molecular complexity index is 2740. The van der Waals surface area contributed by atoms with Crippen molar-refractivity contribution in [3.8, 4) is 44.5 Å². The van der Waals surface area contributed by atoms with Gasteiger partial charge < -0.3 is 4.90 Å². The summed E-state index contributed by atoms with van der Waals surface area (Å²) in [6, 6.07) is 70.5. The Hall–Kier alpha value is -6.44. The summed E-state index contributed by atoms with van der Waals surface area (Å²) in [5.41, 5.74) is 22.4. The lowest BCUT2D eigenvalue weighted by atomic mass is 9.70. The summed E-state index contributed by atoms with van der Waals surface area (Å²) in [4.78, 5) is 2.61. The molecule has 1 heteroatoms. The van der Waals surface area contributed by atoms with Crippen molar-refractivity contribution in [2.45, 2.75) is 37.8 Å². The van der Waals surface area contributed by atoms with Gasteiger partial charge in [-0.2, -0.15) is 0 Å². The molecule has 262 valence electrons. The third-order valence-corrected chi connectivity index (χ3v) is 12.8. The third kappa shape index (κ3) is 4.60. The number of rotatable bonds is 6. The normalized spacial score (nSPS) is 14.4. The maximum atomic E-state index is 2.61. The summed E-state index contributed by atoms with van der Waals surface area (Å²) in [6.07, 6.45) is 0. The Morgan fingerprint density at radius 3 is 1.47 bits per heavy atom. The van der Waals surface area contributed by atoms with E-state index in [2.05, 4.69) is 207 Å². The molecule has 0 atom stereocenters. The van der Waals surface area contributed by atoms with E-state index >= 15 is 0 Å². The van der Waals surface area contributed by atoms with E-state index < -0.39 is 0 Å². The minimum atomic E-state index is -0.358. The second-order valence-corrected chi connectivity index (χ2v) is 16.0. The highest BCUT2D eigenvalue weighted by Crippen LogP contribution is 2.62. The summed E-state index contributed by atoms with van der Waals surface area (Å²) < 4.78 is 0. The molecule has 3 aliphatic carbocycles. The van der Waals surface area contributed by atoms with Gasteiger partial charge in [-0.15, -0.1) is 0 Å². The lowest BCUT2D eigenvalue weighted by Gasteiger charge is -2.32. The molecule has 0 heterocycles. The van der Waals surface area contributed by atoms with Crippen molar-refractivity contribution in [3.63, 3.8) is 0 Å². The lowest BCUT2D eigenvalue weighted by Crippen LogP contribution is -2.27. The molecule has 0 aromatic heterocycles. The molecule has 11 rings (SSSR count). The Kier molecular flexibility index (Phi) is 7.01. The number of fused-ring (bicyclic) bond motifs is 13. The molecule has 1 nitrogen and oxygen atoms in total. The van der Waals surface area contributed by atoms with E-state index in [0.717, 1.165) is 13.1 Å². The molecule has 0 amide bonds. The predicted molar refractivity (Wildman–Crippen MR) is 229 cm³/mol. The number of anilines is 1. The first-order chi connectivity index (χ1) is 27.0. The molecule has 0 bridgehead atoms. The van der Waals surface area contributed by atoms with E-state index in [0.29, 0.717) is 0 Å². The Morgan fingerprint density at radius 2 is 0.836 bits per heavy atom. The summed E-state index contributed by atoms with van der Waals surface area (Å²) in [7, 11) is 0. The van der Waals surface area contributed by atoms with Gasteiger partial charge in [0, 0.05) is 24.2 Å². The average molecular weight is 704 g/mol. The van der Waals surface area contributed by atoms with Crippen LogP contribution in [0.4, 0.5) is 5.69 Å². The van der Waals surface area contributed by atoms with E-state index in [9.17, 15) is 0 Å². The van der Waals surface area contributed by atoms with Gasteiger partial charge in [0.15, 0.2) is 0 Å². The van der Waals surface area contributed by atoms with Gasteiger partial charge in [0.05, 0.1) is 5.41 Å². The zero-order valence-electron chi connectivity index (χ0n) is 31.3. The quantitative estimate of drug-likeness (QED) is 0.167. The third-order valence-electron chi connectivity index (χ3n) is 12.8. The van der Waals surface area contributed by atoms with Crippen LogP contribution >= 0.6 is 0 Å². The van der Waals surface area contributed by atoms with Gasteiger partial charge in [0.25, 0.3) is 0 Å². The van der Waals surface area contributed by atoms with Crippen LogP contribution in [0.15, 0.2) is 188 Å². The predicted octanol–water partition coefficient (Wildman–Crippen LogP) is 13.2. The van der Waals surface area contributed by atoms with Gasteiger partial charge in [-0.25, -0.2) is 0 Å². The average Bonchev–Trinajstić information content (AvgIpc) is 3.79. The monoisotopic (exact) mass is 703 g/mol. The molecule has 0 saturated heterocycles. The van der Waals surface area contributed by atoms with Crippen LogP contribution in [0.2, 0.25) is 0 Å². The van der Waals surface area contributed by atoms with Crippen molar-refractivity contribution in [1.29, 1.82) is 0 Å². The second kappa shape index (κ2) is 12.0. The van der Waals surface area contributed by atoms with E-state index in [-0.39, 0.29) is 10.8 Å². The second-order valence-electron chi connectivity index (χ2n) is 16.0. The van der Waals surface area contributed by atoms with Gasteiger partial charge in [-0.3, -0.25) is 0 Å². The van der Waals surface area contributed by atoms with Crippen LogP contribution < -0.4 is 4.90 Å². The maximum Gasteiger partial charge on any atom is 0.0725 e. The number of hydrogen-bond acceptors (Lipinski definition) is 1. The molecule has 0 radical (unpaired) electrons. The molecule has 55 heavy (non-hydrogen) atoms. The fraction of sp³-hybridized carbons (Fsp3) is 0.111. The highest BCUT2D eigenvalue weighted by atomic mass is 15.1. The van der Waals surface area contributed by atoms with Gasteiger partial charge in [0.1, 0.15) is 0 Å². The highest BCUT2D eigenvalue weighted by Gasteiger charge is 2.51. The van der Waals surface area contributed by atoms with Gasteiger partial charge >= 0.3 is 0 Å². The van der Waals surface area contributed by atoms with E-state index in [1.807, 2.05) is 0 Å². The van der Waals surface area contributed by atoms with Crippen molar-refractivity contribution < 1.29 is 0 Å². The van der Waals surface area contributed by atoms with Gasteiger partial charge in [0.2, 0.25) is 0 Å². The van der Waals surface area contributed by atoms with Crippen molar-refractivity contribution in [1.82, 2.24) is 0 Å². The molecular weight excluding hydrogens is 663 g/mol. The topological polar surface area (TPSA) is 3.24 Å². The summed E-state index contributed by atoms with van der Waals surface area (Å²) >= 11 is 0. The van der Waals surface area contributed by atoms with Crippen LogP contribution in [0.3, 0.4) is 0 Å². The van der Waals surface area contributed by atoms with Gasteiger partial charge in [-0.05, 0) is 101 Å². The minimum absolute atomic E-state index is 0.0788. The molecule has 8 aromatic carbocycles. The summed E-state index contributed by atoms with van der Waals surface area (Å²) in [5.74, 6) is 0. The first-order valence-corrected chi connectivity index (χ1v) is 19.6. The van der Waals surface area contributed by atoms with E-state index in [4.69, 9.17) is 0 Å². The largest absolute Gasteiger partial charge is 0.363 e. The zero-order valence-corrected chi connectivity index (χ0v) is 31.3. The van der Waals surface area contributed by atoms with Crippen molar-refractivity contribution in [2.75, 3.05) is 4.90 Å². The SMILES string of the molecule is CC1(C)c2ccccc2-c2ccc(N(Cc3ccc4c(c3)C3(c5ccccc5-c5ccccc53)c3ccccc3-4)Cc3ccccc3-c3ccccc3)cc21. The molecular formula is C54H41N. The van der Waals surface area contributed by atoms with Crippen LogP contribution in [0, 0.1) is 0 Å². The lowest BCUT2D eigenvalue weighted by molar-refractivity contribution is 0.659. The standard InChI is InChI=1S/C54H41N/c1-53(2)47-24-12-8-20-41(47)45-31-29-39(33-51(45)53)55(35-38-18-6-7-19-40(38)37-16-4-3-5-17-37)34-36-28-30-46-44-23-11-15-27-50(44)54(52(46)32-36)48-25-13-9-21-42(48)43-22-10-14-26-49(43)54/h3-33H,34-35H2,1-2H3. The molecule has 0 N–H and O–H groups in total. The fourth-order valence-corrected chi connectivity index (χ4v) is 10.4. The van der Waals surface area contributed by atoms with Crippen LogP contribution in [0.1, 0.15) is 58.4 Å². The Morgan fingerprint density at radius 1 is 0.364 bits per heavy atom. The fourth-order valence-electron chi connectivity index (χ4n) is 10.4. The molecule has 0 saturated carbocycles. The van der Waals surface area contributed by atoms with Crippen molar-refractivity contribution in [2.24, 2.45) is 0 Å². The Labute approximate surface area is 324 Å². The van der Waals surface area contributed by atoms with E-state index in [1.165, 1.54) is 94.7 Å². The van der Waals surface area contributed by atoms with Crippen LogP contribution in [-0.2, 0) is 23.9 Å². The summed E-state index contributed by atoms with van der Waals surface area (Å²) in [6.45, 7) is 6.32. The Balaban J connectivity index is 1.08. The highest BCUT2D eigenvalue weighted by molar-refractivity contribution is 5.95. The first-order valence-electron chi connectivity index (χ1n) is 19.6. The molecule has 0 unspecified atom stereocenters. The van der Waals surface area contributed by atoms with E-state index in [1.54, 1.807) is 0 Å². The summed E-state index contributed by atoms with van der Waals surface area (Å²) in [5, 5.41) is 0. The molecule has 1 spiro atoms. The van der Waals surface area contributed by atoms with Crippen molar-refractivity contribution >= 4 is 5.69 Å². The van der Waals surface area contributed by atoms with Crippen molar-refractivity contribution in [3.05, 3.63) is 233 Å². The van der Waals surface area contributed by atoms with Gasteiger partial charge in [-0.1, -0.05) is 190 Å². The number of benzene rings is 8. The molecule has 3 aliphatic rings. The van der Waals surface area contributed by atoms with Crippen LogP contribution in [-0.4, -0.2) is 0 Å². The smallest absolute Gasteiger partial charge is 0.0725 e.